The zero-order chi connectivity index (χ0) is 17.5. The predicted molar refractivity (Wildman–Crippen MR) is 105 cm³/mol. The summed E-state index contributed by atoms with van der Waals surface area (Å²) >= 11 is 6.77. The van der Waals surface area contributed by atoms with Crippen molar-refractivity contribution < 1.29 is 9.47 Å². The van der Waals surface area contributed by atoms with E-state index >= 15 is 0 Å². The normalized spacial score (nSPS) is 25.0. The summed E-state index contributed by atoms with van der Waals surface area (Å²) < 4.78 is 12.1. The summed E-state index contributed by atoms with van der Waals surface area (Å²) in [5.74, 6) is 1.91. The van der Waals surface area contributed by atoms with Crippen LogP contribution in [0, 0.1) is 0 Å². The molecule has 1 aromatic carbocycles. The number of hydrogen-bond acceptors (Lipinski definition) is 2. The van der Waals surface area contributed by atoms with E-state index in [9.17, 15) is 0 Å². The minimum absolute atomic E-state index is 0.0779. The van der Waals surface area contributed by atoms with Gasteiger partial charge in [0.1, 0.15) is 17.1 Å². The monoisotopic (exact) mass is 364 g/mol. The van der Waals surface area contributed by atoms with Gasteiger partial charge in [-0.15, -0.1) is 11.6 Å². The molecule has 0 saturated heterocycles. The first kappa shape index (κ1) is 18.9. The van der Waals surface area contributed by atoms with Crippen LogP contribution in [0.25, 0.3) is 0 Å². The average molecular weight is 365 g/mol. The Morgan fingerprint density at radius 1 is 0.960 bits per heavy atom. The van der Waals surface area contributed by atoms with E-state index in [1.807, 2.05) is 6.07 Å². The van der Waals surface area contributed by atoms with Crippen molar-refractivity contribution in [3.05, 3.63) is 23.8 Å². The molecule has 1 fully saturated rings. The molecule has 3 rings (SSSR count). The third kappa shape index (κ3) is 5.29. The number of alkyl halides is 1. The summed E-state index contributed by atoms with van der Waals surface area (Å²) in [6.07, 6.45) is 16.2. The molecular weight excluding hydrogens is 332 g/mol. The summed E-state index contributed by atoms with van der Waals surface area (Å²) in [4.78, 5) is 0. The Labute approximate surface area is 158 Å². The van der Waals surface area contributed by atoms with E-state index in [2.05, 4.69) is 12.1 Å². The molecule has 2 nitrogen and oxygen atoms in total. The zero-order valence-corrected chi connectivity index (χ0v) is 16.5. The Bertz CT molecular complexity index is 531. The van der Waals surface area contributed by atoms with Gasteiger partial charge in [0, 0.05) is 11.8 Å². The molecular formula is C22H33ClO2. The summed E-state index contributed by atoms with van der Waals surface area (Å²) in [7, 11) is 1.71. The maximum Gasteiger partial charge on any atom is 0.123 e. The molecule has 25 heavy (non-hydrogen) atoms. The molecule has 140 valence electrons. The van der Waals surface area contributed by atoms with Gasteiger partial charge < -0.3 is 9.47 Å². The van der Waals surface area contributed by atoms with Crippen LogP contribution in [0.4, 0.5) is 0 Å². The van der Waals surface area contributed by atoms with Gasteiger partial charge in [0.2, 0.25) is 0 Å². The van der Waals surface area contributed by atoms with Gasteiger partial charge in [-0.25, -0.2) is 0 Å². The van der Waals surface area contributed by atoms with Crippen LogP contribution in [-0.4, -0.2) is 18.1 Å². The zero-order valence-electron chi connectivity index (χ0n) is 15.7. The molecule has 1 atom stereocenters. The van der Waals surface area contributed by atoms with E-state index in [4.69, 9.17) is 21.1 Å². The number of benzene rings is 1. The Hall–Kier alpha value is -0.890. The standard InChI is InChI=1S/C22H33ClO2/c1-24-20-11-12-21-18(16-20)15-19(23)17-22(25-21)13-9-7-5-3-2-4-6-8-10-14-22/h11-12,16,19H,2-10,13-15,17H2,1H3. The molecule has 3 heteroatoms. The highest BCUT2D eigenvalue weighted by molar-refractivity contribution is 6.20. The van der Waals surface area contributed by atoms with Crippen LogP contribution in [0.5, 0.6) is 11.5 Å². The van der Waals surface area contributed by atoms with Crippen LogP contribution in [0.1, 0.15) is 82.6 Å². The van der Waals surface area contributed by atoms with Crippen molar-refractivity contribution in [2.45, 2.75) is 94.4 Å². The van der Waals surface area contributed by atoms with Crippen LogP contribution >= 0.6 is 11.6 Å². The molecule has 1 saturated carbocycles. The number of fused-ring (bicyclic) bond motifs is 1. The maximum absolute atomic E-state index is 6.77. The van der Waals surface area contributed by atoms with Gasteiger partial charge >= 0.3 is 0 Å². The molecule has 1 aliphatic carbocycles. The van der Waals surface area contributed by atoms with E-state index in [0.717, 1.165) is 37.2 Å². The van der Waals surface area contributed by atoms with Crippen molar-refractivity contribution in [3.8, 4) is 11.5 Å². The minimum Gasteiger partial charge on any atom is -0.497 e. The fraction of sp³-hybridized carbons (Fsp3) is 0.727. The van der Waals surface area contributed by atoms with Crippen LogP contribution in [-0.2, 0) is 6.42 Å². The highest BCUT2D eigenvalue weighted by Gasteiger charge is 2.37. The quantitative estimate of drug-likeness (QED) is 0.518. The van der Waals surface area contributed by atoms with Crippen molar-refractivity contribution in [3.63, 3.8) is 0 Å². The van der Waals surface area contributed by atoms with Gasteiger partial charge in [-0.05, 0) is 55.9 Å². The van der Waals surface area contributed by atoms with Crippen LogP contribution < -0.4 is 9.47 Å². The molecule has 1 aliphatic heterocycles. The molecule has 1 spiro atoms. The van der Waals surface area contributed by atoms with Crippen LogP contribution in [0.15, 0.2) is 18.2 Å². The molecule has 1 aromatic rings. The summed E-state index contributed by atoms with van der Waals surface area (Å²) in [6.45, 7) is 0. The molecule has 0 bridgehead atoms. The maximum atomic E-state index is 6.77. The number of ether oxygens (including phenoxy) is 2. The lowest BCUT2D eigenvalue weighted by molar-refractivity contribution is 0.0394. The van der Waals surface area contributed by atoms with Gasteiger partial charge in [0.15, 0.2) is 0 Å². The lowest BCUT2D eigenvalue weighted by Gasteiger charge is -2.35. The van der Waals surface area contributed by atoms with Crippen LogP contribution in [0.2, 0.25) is 0 Å². The first-order chi connectivity index (χ1) is 12.2. The molecule has 0 amide bonds. The predicted octanol–water partition coefficient (Wildman–Crippen LogP) is 6.67. The van der Waals surface area contributed by atoms with Gasteiger partial charge in [-0.2, -0.15) is 0 Å². The lowest BCUT2D eigenvalue weighted by atomic mass is 9.84. The lowest BCUT2D eigenvalue weighted by Crippen LogP contribution is -2.38. The second kappa shape index (κ2) is 9.16. The smallest absolute Gasteiger partial charge is 0.123 e. The summed E-state index contributed by atoms with van der Waals surface area (Å²) in [5, 5.41) is 0.140. The fourth-order valence-electron chi connectivity index (χ4n) is 4.49. The third-order valence-corrected chi connectivity index (χ3v) is 6.20. The third-order valence-electron chi connectivity index (χ3n) is 5.89. The van der Waals surface area contributed by atoms with Crippen molar-refractivity contribution >= 4 is 11.6 Å². The van der Waals surface area contributed by atoms with Crippen LogP contribution in [0.3, 0.4) is 0 Å². The Kier molecular flexibility index (Phi) is 6.92. The average Bonchev–Trinajstić information content (AvgIpc) is 2.73. The Balaban J connectivity index is 1.79. The van der Waals surface area contributed by atoms with E-state index in [1.54, 1.807) is 7.11 Å². The van der Waals surface area contributed by atoms with Gasteiger partial charge in [0.05, 0.1) is 7.11 Å². The van der Waals surface area contributed by atoms with E-state index in [-0.39, 0.29) is 11.0 Å². The molecule has 2 aliphatic rings. The SMILES string of the molecule is COc1ccc2c(c1)CC(Cl)CC1(CCCCCCCCCCC1)O2. The van der Waals surface area contributed by atoms with Gasteiger partial charge in [-0.3, -0.25) is 0 Å². The Morgan fingerprint density at radius 3 is 2.16 bits per heavy atom. The van der Waals surface area contributed by atoms with Crippen molar-refractivity contribution in [2.24, 2.45) is 0 Å². The molecule has 1 heterocycles. The molecule has 0 aromatic heterocycles. The van der Waals surface area contributed by atoms with Gasteiger partial charge in [-0.1, -0.05) is 44.9 Å². The van der Waals surface area contributed by atoms with E-state index < -0.39 is 0 Å². The number of hydrogen-bond donors (Lipinski definition) is 0. The molecule has 0 N–H and O–H groups in total. The summed E-state index contributed by atoms with van der Waals surface area (Å²) in [6, 6.07) is 6.19. The number of halogens is 1. The Morgan fingerprint density at radius 2 is 1.56 bits per heavy atom. The highest BCUT2D eigenvalue weighted by Crippen LogP contribution is 2.41. The first-order valence-corrected chi connectivity index (χ1v) is 10.6. The van der Waals surface area contributed by atoms with E-state index in [1.165, 1.54) is 63.4 Å². The second-order valence-electron chi connectivity index (χ2n) is 7.95. The second-order valence-corrected chi connectivity index (χ2v) is 8.56. The van der Waals surface area contributed by atoms with Crippen molar-refractivity contribution in [2.75, 3.05) is 7.11 Å². The fourth-order valence-corrected chi connectivity index (χ4v) is 4.94. The van der Waals surface area contributed by atoms with E-state index in [0.29, 0.717) is 0 Å². The molecule has 1 unspecified atom stereocenters. The van der Waals surface area contributed by atoms with Crippen molar-refractivity contribution in [1.29, 1.82) is 0 Å². The number of methoxy groups -OCH3 is 1. The van der Waals surface area contributed by atoms with Crippen molar-refractivity contribution in [1.82, 2.24) is 0 Å². The molecule has 0 radical (unpaired) electrons. The van der Waals surface area contributed by atoms with Gasteiger partial charge in [0.25, 0.3) is 0 Å². The highest BCUT2D eigenvalue weighted by atomic mass is 35.5. The topological polar surface area (TPSA) is 18.5 Å². The number of rotatable bonds is 1. The minimum atomic E-state index is -0.0779. The first-order valence-electron chi connectivity index (χ1n) is 10.2. The largest absolute Gasteiger partial charge is 0.497 e. The summed E-state index contributed by atoms with van der Waals surface area (Å²) in [5.41, 5.74) is 1.12.